The average molecular weight is 390 g/mol. The summed E-state index contributed by atoms with van der Waals surface area (Å²) in [6, 6.07) is 5.39. The number of benzene rings is 1. The van der Waals surface area contributed by atoms with Gasteiger partial charge in [0.25, 0.3) is 0 Å². The number of anilines is 1. The Hall–Kier alpha value is -2.38. The molecule has 0 radical (unpaired) electrons. The summed E-state index contributed by atoms with van der Waals surface area (Å²) < 4.78 is 11.4. The number of ether oxygens (including phenoxy) is 2. The number of ketones is 1. The van der Waals surface area contributed by atoms with E-state index in [-0.39, 0.29) is 25.1 Å². The Labute approximate surface area is 161 Å². The average Bonchev–Trinajstić information content (AvgIpc) is 3.05. The Morgan fingerprint density at radius 1 is 1.33 bits per heavy atom. The Bertz CT molecular complexity index is 881. The zero-order valence-corrected chi connectivity index (χ0v) is 15.7. The van der Waals surface area contributed by atoms with Crippen LogP contribution in [0.5, 0.6) is 11.5 Å². The Morgan fingerprint density at radius 3 is 2.85 bits per heavy atom. The van der Waals surface area contributed by atoms with Gasteiger partial charge in [0.05, 0.1) is 5.56 Å². The zero-order valence-electron chi connectivity index (χ0n) is 14.9. The molecule has 8 heteroatoms. The lowest BCUT2D eigenvalue weighted by Gasteiger charge is -2.34. The van der Waals surface area contributed by atoms with Gasteiger partial charge in [0.15, 0.2) is 12.4 Å². The highest BCUT2D eigenvalue weighted by atomic mass is 35.5. The summed E-state index contributed by atoms with van der Waals surface area (Å²) in [7, 11) is 0. The standard InChI is InChI=1S/C19H20ClN3O4/c1-11-18(20)21-17(9-24)22-19(11)23-6-4-12(5-7-23)27-13-2-3-16-14(8-13)15(25)10-26-16/h2-3,8,12,24H,4-7,9-10H2,1H3. The summed E-state index contributed by atoms with van der Waals surface area (Å²) in [4.78, 5) is 22.4. The molecule has 1 aromatic heterocycles. The minimum atomic E-state index is -0.243. The summed E-state index contributed by atoms with van der Waals surface area (Å²) in [6.07, 6.45) is 1.69. The molecule has 1 aromatic carbocycles. The molecule has 27 heavy (non-hydrogen) atoms. The zero-order chi connectivity index (χ0) is 19.0. The van der Waals surface area contributed by atoms with E-state index in [0.29, 0.717) is 28.0 Å². The van der Waals surface area contributed by atoms with Crippen LogP contribution in [-0.2, 0) is 6.61 Å². The van der Waals surface area contributed by atoms with Gasteiger partial charge < -0.3 is 19.5 Å². The summed E-state index contributed by atoms with van der Waals surface area (Å²) in [5.41, 5.74) is 1.40. The Balaban J connectivity index is 1.42. The number of halogens is 1. The molecule has 0 spiro atoms. The van der Waals surface area contributed by atoms with E-state index < -0.39 is 0 Å². The summed E-state index contributed by atoms with van der Waals surface area (Å²) in [6.45, 7) is 3.26. The minimum absolute atomic E-state index is 0.0129. The largest absolute Gasteiger partial charge is 0.490 e. The van der Waals surface area contributed by atoms with Crippen LogP contribution in [0.3, 0.4) is 0 Å². The van der Waals surface area contributed by atoms with Crippen LogP contribution in [0.25, 0.3) is 0 Å². The lowest BCUT2D eigenvalue weighted by molar-refractivity contribution is 0.0960. The van der Waals surface area contributed by atoms with Crippen molar-refractivity contribution in [1.82, 2.24) is 9.97 Å². The van der Waals surface area contributed by atoms with Crippen molar-refractivity contribution in [2.75, 3.05) is 24.6 Å². The number of hydrogen-bond donors (Lipinski definition) is 1. The normalized spacial score (nSPS) is 17.0. The molecule has 7 nitrogen and oxygen atoms in total. The molecule has 1 saturated heterocycles. The molecule has 2 aromatic rings. The van der Waals surface area contributed by atoms with Crippen molar-refractivity contribution < 1.29 is 19.4 Å². The van der Waals surface area contributed by atoms with Crippen LogP contribution in [-0.4, -0.2) is 46.7 Å². The second kappa shape index (κ2) is 7.32. The van der Waals surface area contributed by atoms with Crippen LogP contribution in [0.15, 0.2) is 18.2 Å². The van der Waals surface area contributed by atoms with Crippen LogP contribution >= 0.6 is 11.6 Å². The number of piperidine rings is 1. The van der Waals surface area contributed by atoms with Gasteiger partial charge in [-0.3, -0.25) is 4.79 Å². The van der Waals surface area contributed by atoms with Crippen molar-refractivity contribution in [3.8, 4) is 11.5 Å². The molecule has 2 aliphatic rings. The van der Waals surface area contributed by atoms with Crippen molar-refractivity contribution in [2.45, 2.75) is 32.5 Å². The summed E-state index contributed by atoms with van der Waals surface area (Å²) >= 11 is 6.16. The topological polar surface area (TPSA) is 84.8 Å². The highest BCUT2D eigenvalue weighted by molar-refractivity contribution is 6.30. The van der Waals surface area contributed by atoms with E-state index in [1.165, 1.54) is 0 Å². The first-order valence-corrected chi connectivity index (χ1v) is 9.28. The van der Waals surface area contributed by atoms with E-state index in [1.807, 2.05) is 13.0 Å². The number of Topliss-reactive ketones (excluding diaryl/α,β-unsaturated/α-hetero) is 1. The molecule has 2 aliphatic heterocycles. The molecule has 0 unspecified atom stereocenters. The van der Waals surface area contributed by atoms with Gasteiger partial charge in [0.2, 0.25) is 5.78 Å². The number of carbonyl (C=O) groups excluding carboxylic acids is 1. The van der Waals surface area contributed by atoms with Crippen molar-refractivity contribution >= 4 is 23.2 Å². The third-order valence-electron chi connectivity index (χ3n) is 4.90. The van der Waals surface area contributed by atoms with Crippen molar-refractivity contribution in [2.24, 2.45) is 0 Å². The van der Waals surface area contributed by atoms with Crippen LogP contribution in [0.1, 0.15) is 34.6 Å². The van der Waals surface area contributed by atoms with Crippen LogP contribution < -0.4 is 14.4 Å². The maximum Gasteiger partial charge on any atom is 0.204 e. The fraction of sp³-hybridized carbons (Fsp3) is 0.421. The molecule has 0 bridgehead atoms. The number of hydrogen-bond acceptors (Lipinski definition) is 7. The molecule has 1 fully saturated rings. The second-order valence-electron chi connectivity index (χ2n) is 6.71. The first kappa shape index (κ1) is 18.0. The van der Waals surface area contributed by atoms with Gasteiger partial charge >= 0.3 is 0 Å². The number of carbonyl (C=O) groups is 1. The van der Waals surface area contributed by atoms with E-state index in [1.54, 1.807) is 12.1 Å². The van der Waals surface area contributed by atoms with Crippen molar-refractivity contribution in [3.05, 3.63) is 40.3 Å². The highest BCUT2D eigenvalue weighted by Gasteiger charge is 2.26. The summed E-state index contributed by atoms with van der Waals surface area (Å²) in [5, 5.41) is 9.68. The highest BCUT2D eigenvalue weighted by Crippen LogP contribution is 2.31. The first-order chi connectivity index (χ1) is 13.0. The number of aromatic nitrogens is 2. The van der Waals surface area contributed by atoms with Gasteiger partial charge in [0.1, 0.15) is 35.2 Å². The molecule has 0 atom stereocenters. The Kier molecular flexibility index (Phi) is 4.88. The maximum atomic E-state index is 11.8. The predicted molar refractivity (Wildman–Crippen MR) is 99.8 cm³/mol. The van der Waals surface area contributed by atoms with Gasteiger partial charge in [-0.15, -0.1) is 0 Å². The molecule has 4 rings (SSSR count). The van der Waals surface area contributed by atoms with Crippen LogP contribution in [0.4, 0.5) is 5.82 Å². The second-order valence-corrected chi connectivity index (χ2v) is 7.07. The lowest BCUT2D eigenvalue weighted by Crippen LogP contribution is -2.39. The van der Waals surface area contributed by atoms with Gasteiger partial charge in [-0.25, -0.2) is 9.97 Å². The van der Waals surface area contributed by atoms with Gasteiger partial charge in [-0.2, -0.15) is 0 Å². The molecule has 142 valence electrons. The number of nitrogens with zero attached hydrogens (tertiary/aromatic N) is 3. The van der Waals surface area contributed by atoms with Crippen molar-refractivity contribution in [3.63, 3.8) is 0 Å². The Morgan fingerprint density at radius 2 is 2.11 bits per heavy atom. The van der Waals surface area contributed by atoms with E-state index in [4.69, 9.17) is 21.1 Å². The predicted octanol–water partition coefficient (Wildman–Crippen LogP) is 2.55. The maximum absolute atomic E-state index is 11.8. The van der Waals surface area contributed by atoms with Gasteiger partial charge in [0, 0.05) is 31.5 Å². The number of fused-ring (bicyclic) bond motifs is 1. The van der Waals surface area contributed by atoms with Crippen molar-refractivity contribution in [1.29, 1.82) is 0 Å². The molecule has 0 saturated carbocycles. The monoisotopic (exact) mass is 389 g/mol. The number of aliphatic hydroxyl groups excluding tert-OH is 1. The molecule has 3 heterocycles. The third-order valence-corrected chi connectivity index (χ3v) is 5.27. The van der Waals surface area contributed by atoms with E-state index >= 15 is 0 Å². The lowest BCUT2D eigenvalue weighted by atomic mass is 10.1. The quantitative estimate of drug-likeness (QED) is 0.804. The molecule has 0 amide bonds. The van der Waals surface area contributed by atoms with Gasteiger partial charge in [-0.05, 0) is 25.1 Å². The minimum Gasteiger partial charge on any atom is -0.490 e. The number of rotatable bonds is 4. The molecule has 0 aliphatic carbocycles. The van der Waals surface area contributed by atoms with Crippen LogP contribution in [0.2, 0.25) is 5.15 Å². The van der Waals surface area contributed by atoms with E-state index in [0.717, 1.165) is 37.3 Å². The third kappa shape index (κ3) is 3.57. The van der Waals surface area contributed by atoms with E-state index in [9.17, 15) is 9.90 Å². The summed E-state index contributed by atoms with van der Waals surface area (Å²) in [5.74, 6) is 2.38. The molecular weight excluding hydrogens is 370 g/mol. The fourth-order valence-electron chi connectivity index (χ4n) is 3.42. The smallest absolute Gasteiger partial charge is 0.204 e. The van der Waals surface area contributed by atoms with Gasteiger partial charge in [-0.1, -0.05) is 11.6 Å². The van der Waals surface area contributed by atoms with E-state index in [2.05, 4.69) is 14.9 Å². The number of aliphatic hydroxyl groups is 1. The molecule has 1 N–H and O–H groups in total. The van der Waals surface area contributed by atoms with Crippen LogP contribution in [0, 0.1) is 6.92 Å². The SMILES string of the molecule is Cc1c(Cl)nc(CO)nc1N1CCC(Oc2ccc3c(c2)C(=O)CO3)CC1. The first-order valence-electron chi connectivity index (χ1n) is 8.90. The fourth-order valence-corrected chi connectivity index (χ4v) is 3.61. The molecular formula is C19H20ClN3O4.